The van der Waals surface area contributed by atoms with Crippen molar-refractivity contribution in [1.29, 1.82) is 0 Å². The molecule has 12 N–H and O–H groups in total. The molecular formula is C112H106F3N25O5S. The molecule has 0 radical (unpaired) electrons. The smallest absolute Gasteiger partial charge is 0.266 e. The molecule has 0 bridgehead atoms. The van der Waals surface area contributed by atoms with Gasteiger partial charge in [-0.15, -0.1) is 0 Å². The molecule has 2 amide bonds. The van der Waals surface area contributed by atoms with Crippen LogP contribution in [0.5, 0.6) is 0 Å². The number of primary amides is 1. The van der Waals surface area contributed by atoms with Gasteiger partial charge in [0.15, 0.2) is 23.3 Å². The molecule has 736 valence electrons. The maximum atomic E-state index is 13.6. The Labute approximate surface area is 837 Å². The van der Waals surface area contributed by atoms with Gasteiger partial charge < -0.3 is 56.7 Å². The van der Waals surface area contributed by atoms with E-state index in [1.54, 1.807) is 42.0 Å². The zero-order valence-corrected chi connectivity index (χ0v) is 80.9. The number of carbonyl (C=O) groups is 2. The molecule has 4 aliphatic heterocycles. The van der Waals surface area contributed by atoms with Crippen LogP contribution in [-0.2, 0) is 25.8 Å². The average molecular weight is 1970 g/mol. The van der Waals surface area contributed by atoms with Crippen molar-refractivity contribution in [1.82, 2.24) is 101 Å². The fourth-order valence-corrected chi connectivity index (χ4v) is 19.6. The molecule has 24 rings (SSSR count). The first-order chi connectivity index (χ1) is 71.0. The number of nitrogens with zero attached hydrogens (tertiary/aromatic N) is 14. The molecule has 14 heterocycles. The second-order valence-corrected chi connectivity index (χ2v) is 38.9. The number of anilines is 8. The Bertz CT molecular complexity index is 8290. The molecule has 4 fully saturated rings. The fraction of sp³-hybridized carbons (Fsp3) is 0.196. The Kier molecular flexibility index (Phi) is 27.9. The van der Waals surface area contributed by atoms with Crippen LogP contribution in [0, 0.1) is 5.92 Å². The number of pyridine rings is 5. The second-order valence-electron chi connectivity index (χ2n) is 36.6. The number of rotatable bonds is 23. The van der Waals surface area contributed by atoms with Gasteiger partial charge in [-0.05, 0) is 200 Å². The monoisotopic (exact) mass is 1970 g/mol. The number of nitrogens with two attached hydrogens (primary N) is 1. The lowest BCUT2D eigenvalue weighted by atomic mass is 9.94. The van der Waals surface area contributed by atoms with E-state index in [0.717, 1.165) is 249 Å². The van der Waals surface area contributed by atoms with Crippen molar-refractivity contribution < 1.29 is 35.9 Å². The molecule has 34 heteroatoms. The molecule has 146 heavy (non-hydrogen) atoms. The molecule has 1 atom stereocenters. The van der Waals surface area contributed by atoms with E-state index < -0.39 is 21.9 Å². The van der Waals surface area contributed by atoms with Gasteiger partial charge in [0, 0.05) is 188 Å². The van der Waals surface area contributed by atoms with Crippen molar-refractivity contribution in [2.45, 2.75) is 50.6 Å². The number of hydrogen-bond donors (Lipinski definition) is 11. The van der Waals surface area contributed by atoms with Crippen molar-refractivity contribution in [3.63, 3.8) is 0 Å². The quantitative estimate of drug-likeness (QED) is 0.0283. The number of fused-ring (bicyclic) bond motifs is 10. The van der Waals surface area contributed by atoms with E-state index in [4.69, 9.17) is 10.5 Å². The summed E-state index contributed by atoms with van der Waals surface area (Å²) in [5, 5.41) is 63.2. The summed E-state index contributed by atoms with van der Waals surface area (Å²) >= 11 is 0. The summed E-state index contributed by atoms with van der Waals surface area (Å²) in [6.45, 7) is 23.4. The molecule has 30 nitrogen and oxygen atoms in total. The summed E-state index contributed by atoms with van der Waals surface area (Å²) in [6.07, 6.45) is 12.8. The number of hydrogen-bond acceptors (Lipinski definition) is 23. The van der Waals surface area contributed by atoms with Gasteiger partial charge >= 0.3 is 0 Å². The van der Waals surface area contributed by atoms with Crippen molar-refractivity contribution in [2.24, 2.45) is 11.7 Å². The number of aromatic amines is 5. The number of likely N-dealkylation sites (tertiary alicyclic amines) is 3. The first-order valence-corrected chi connectivity index (χ1v) is 50.3. The number of halogens is 3. The number of amides is 2. The molecule has 0 aliphatic carbocycles. The molecule has 0 spiro atoms. The minimum Gasteiger partial charge on any atom is -0.380 e. The highest BCUT2D eigenvalue weighted by Gasteiger charge is 2.39. The number of benzene rings is 10. The van der Waals surface area contributed by atoms with Gasteiger partial charge in [0.25, 0.3) is 11.8 Å². The van der Waals surface area contributed by atoms with Crippen LogP contribution < -0.4 is 32.3 Å². The molecule has 20 aromatic rings. The lowest BCUT2D eigenvalue weighted by Crippen LogP contribution is -2.37. The van der Waals surface area contributed by atoms with Crippen molar-refractivity contribution in [2.75, 3.05) is 105 Å². The largest absolute Gasteiger partial charge is 0.380 e. The highest BCUT2D eigenvalue weighted by atomic mass is 32.2. The third-order valence-electron chi connectivity index (χ3n) is 26.8. The molecule has 0 unspecified atom stereocenters. The third kappa shape index (κ3) is 21.7. The highest BCUT2D eigenvalue weighted by molar-refractivity contribution is 7.90. The number of piperidine rings is 1. The zero-order chi connectivity index (χ0) is 101. The van der Waals surface area contributed by atoms with E-state index in [-0.39, 0.29) is 43.0 Å². The molecule has 0 saturated carbocycles. The first kappa shape index (κ1) is 96.1. The summed E-state index contributed by atoms with van der Waals surface area (Å²) in [5.74, 6) is -0.464. The number of alkyl halides is 3. The van der Waals surface area contributed by atoms with Crippen LogP contribution in [0.2, 0.25) is 0 Å². The summed E-state index contributed by atoms with van der Waals surface area (Å²) in [4.78, 5) is 54.2. The van der Waals surface area contributed by atoms with Gasteiger partial charge in [0.05, 0.1) is 46.7 Å². The Morgan fingerprint density at radius 3 is 1.24 bits per heavy atom. The fourth-order valence-electron chi connectivity index (χ4n) is 19.1. The predicted octanol–water partition coefficient (Wildman–Crippen LogP) is 21.1. The van der Waals surface area contributed by atoms with E-state index in [2.05, 4.69) is 224 Å². The number of H-pyrrole nitrogens is 5. The van der Waals surface area contributed by atoms with E-state index in [1.165, 1.54) is 10.9 Å². The molecule has 4 aliphatic rings. The predicted molar refractivity (Wildman–Crippen MR) is 576 cm³/mol. The van der Waals surface area contributed by atoms with Crippen molar-refractivity contribution in [3.05, 3.63) is 339 Å². The van der Waals surface area contributed by atoms with Crippen LogP contribution in [0.3, 0.4) is 0 Å². The number of aromatic nitrogens is 15. The van der Waals surface area contributed by atoms with Crippen molar-refractivity contribution >= 4 is 199 Å². The summed E-state index contributed by atoms with van der Waals surface area (Å²) in [6, 6.07) is 79.8. The third-order valence-corrected chi connectivity index (χ3v) is 27.7. The lowest BCUT2D eigenvalue weighted by Gasteiger charge is -2.34. The highest BCUT2D eigenvalue weighted by Crippen LogP contribution is 2.40. The van der Waals surface area contributed by atoms with E-state index >= 15 is 0 Å². The SMILES string of the molecule is C=C(c1cccc2cc(Nc3n[nH]c4cccnc34)ccc12)N1CCC(C(N)=O)CC1.C=C(c1cccc2cc(Nc3n[nH]c4cccnc34)ccc12)N1CCC(F)(F)C1.C=C(c1cccc2cc(Nc3n[nH]c4cccnc34)ccc12)N1CCCOCC1.C=C(c1cccc2cc(Nc3n[nH]c4cccnc34)ccc12)N1CC[C@@H](F)C1.CS(=O)(=O)CCNC(=O)c1cccc2cc(Cc3[nH]nc4cccnc34)ccc12. The standard InChI is InChI=1S/C24H24N6O.C23H23N5O.C22H19F2N5.C22H20FN5.C21H20N4O3S/c1-15(30-12-9-16(10-13-30)23(25)31)19-5-2-4-17-14-18(7-8-20(17)19)27-24-22-21(28-29-24)6-3-11-26-22;1-16(28-11-4-13-29-14-12-28)19-6-2-5-17-15-18(8-9-20(17)19)25-23-22-21(26-27-23)7-3-10-24-22;1-14(29-11-9-22(23,24)13-29)17-5-2-4-15-12-16(7-8-18(15)17)26-21-20-19(27-28-21)6-3-10-25-20;1-14(28-11-9-16(23)13-28)18-5-2-4-15-12-17(7-8-19(15)18)25-22-21-20(26-27-22)6-3-10-24-21;1-29(27,28)11-10-23-21(26)17-5-2-4-15-12-14(7-8-16(15)17)13-19-20-18(24-25-19)6-3-9-22-20/h2-8,11,14,16H,1,9-10,12-13H2,(H2,25,31)(H2,27,28,29);2-3,5-10,15H,1,4,11-14H2,(H2,25,26,27);2-8,10,12H,1,9,11,13H2,(H2,26,27,28);2-8,10,12,16H,1,9,11,13H2,(H2,25,26,27);2-9,12H,10-11,13H2,1H3,(H,23,26)(H,24,25)/t;;;16-;/m...1./s1. The van der Waals surface area contributed by atoms with E-state index in [0.29, 0.717) is 54.6 Å². The van der Waals surface area contributed by atoms with Crippen molar-refractivity contribution in [3.8, 4) is 0 Å². The van der Waals surface area contributed by atoms with Gasteiger partial charge in [-0.3, -0.25) is 60.0 Å². The van der Waals surface area contributed by atoms with Gasteiger partial charge in [-0.25, -0.2) is 21.6 Å². The normalized spacial score (nSPS) is 14.8. The Morgan fingerprint density at radius 1 is 0.432 bits per heavy atom. The maximum Gasteiger partial charge on any atom is 0.266 e. The number of nitrogens with one attached hydrogen (secondary N) is 10. The van der Waals surface area contributed by atoms with Crippen LogP contribution in [0.25, 0.3) is 132 Å². The molecule has 10 aromatic heterocycles. The van der Waals surface area contributed by atoms with Gasteiger partial charge in [-0.2, -0.15) is 25.5 Å². The summed E-state index contributed by atoms with van der Waals surface area (Å²) in [5.41, 5.74) is 27.9. The van der Waals surface area contributed by atoms with Crippen LogP contribution in [0.15, 0.2) is 300 Å². The Morgan fingerprint density at radius 2 is 0.822 bits per heavy atom. The minimum atomic E-state index is -3.12. The lowest BCUT2D eigenvalue weighted by molar-refractivity contribution is -0.122. The second kappa shape index (κ2) is 42.4. The summed E-state index contributed by atoms with van der Waals surface area (Å²) in [7, 11) is -3.12. The number of sulfone groups is 1. The zero-order valence-electron chi connectivity index (χ0n) is 80.1. The number of carbonyl (C=O) groups excluding carboxylic acids is 2. The minimum absolute atomic E-state index is 0.0298. The topological polar surface area (TPSA) is 384 Å². The number of ether oxygens (including phenoxy) is 1. The maximum absolute atomic E-state index is 13.6. The Balaban J connectivity index is 0.000000111. The van der Waals surface area contributed by atoms with Crippen LogP contribution >= 0.6 is 0 Å². The van der Waals surface area contributed by atoms with Gasteiger partial charge in [0.1, 0.15) is 49.1 Å². The summed E-state index contributed by atoms with van der Waals surface area (Å²) < 4.78 is 68.9. The van der Waals surface area contributed by atoms with E-state index in [9.17, 15) is 31.2 Å². The van der Waals surface area contributed by atoms with Crippen LogP contribution in [-0.4, -0.2) is 212 Å². The molecular weight excluding hydrogens is 1860 g/mol. The van der Waals surface area contributed by atoms with Crippen LogP contribution in [0.1, 0.15) is 76.0 Å². The average Bonchev–Trinajstić information content (AvgIpc) is 1.55. The van der Waals surface area contributed by atoms with Gasteiger partial charge in [0.2, 0.25) is 5.91 Å². The first-order valence-electron chi connectivity index (χ1n) is 48.3. The molecule has 4 saturated heterocycles. The van der Waals surface area contributed by atoms with E-state index in [1.807, 2.05) is 157 Å². The van der Waals surface area contributed by atoms with Gasteiger partial charge in [-0.1, -0.05) is 154 Å². The Hall–Kier alpha value is -17.4. The van der Waals surface area contributed by atoms with Crippen LogP contribution in [0.4, 0.5) is 59.2 Å². The molecule has 10 aromatic carbocycles.